The van der Waals surface area contributed by atoms with E-state index in [1.807, 2.05) is 19.1 Å². The second kappa shape index (κ2) is 7.92. The lowest BCUT2D eigenvalue weighted by molar-refractivity contribution is 0.0784. The van der Waals surface area contributed by atoms with Crippen molar-refractivity contribution < 1.29 is 14.1 Å². The van der Waals surface area contributed by atoms with Gasteiger partial charge in [0.25, 0.3) is 0 Å². The molecule has 0 spiro atoms. The maximum atomic E-state index is 12.9. The standard InChI is InChI=1S/C22H26N4O3S/c1-15-12-20-23-18(13-19(27)16-4-6-17(7-5-16)22(2,3)28)14-21(26(20)24-15)25-8-10-30(29)11-9-25/h4-7,12,14,28H,8-11,13H2,1-3H3. The van der Waals surface area contributed by atoms with Crippen molar-refractivity contribution in [1.29, 1.82) is 0 Å². The Morgan fingerprint density at radius 2 is 1.83 bits per heavy atom. The van der Waals surface area contributed by atoms with Crippen LogP contribution in [0.3, 0.4) is 0 Å². The number of ketones is 1. The molecular formula is C22H26N4O3S. The van der Waals surface area contributed by atoms with Crippen molar-refractivity contribution in [3.63, 3.8) is 0 Å². The summed E-state index contributed by atoms with van der Waals surface area (Å²) in [6, 6.07) is 10.9. The molecule has 1 N–H and O–H groups in total. The number of nitrogens with zero attached hydrogens (tertiary/aromatic N) is 4. The molecule has 1 aromatic carbocycles. The van der Waals surface area contributed by atoms with Crippen LogP contribution in [0.2, 0.25) is 0 Å². The highest BCUT2D eigenvalue weighted by Crippen LogP contribution is 2.22. The van der Waals surface area contributed by atoms with E-state index in [1.54, 1.807) is 42.6 Å². The number of fused-ring (bicyclic) bond motifs is 1. The molecule has 0 atom stereocenters. The molecule has 158 valence electrons. The molecule has 0 radical (unpaired) electrons. The van der Waals surface area contributed by atoms with Gasteiger partial charge in [0.05, 0.1) is 23.4 Å². The van der Waals surface area contributed by atoms with Crippen LogP contribution in [0, 0.1) is 6.92 Å². The summed E-state index contributed by atoms with van der Waals surface area (Å²) in [5, 5.41) is 14.6. The Hall–Kier alpha value is -2.58. The number of rotatable bonds is 5. The summed E-state index contributed by atoms with van der Waals surface area (Å²) in [5.74, 6) is 2.11. The van der Waals surface area contributed by atoms with Gasteiger partial charge in [-0.15, -0.1) is 0 Å². The maximum Gasteiger partial charge on any atom is 0.168 e. The van der Waals surface area contributed by atoms with Crippen molar-refractivity contribution in [3.05, 3.63) is 58.9 Å². The van der Waals surface area contributed by atoms with Gasteiger partial charge >= 0.3 is 0 Å². The van der Waals surface area contributed by atoms with Crippen LogP contribution in [-0.4, -0.2) is 54.3 Å². The minimum Gasteiger partial charge on any atom is -0.386 e. The van der Waals surface area contributed by atoms with E-state index < -0.39 is 16.4 Å². The lowest BCUT2D eigenvalue weighted by Crippen LogP contribution is -2.39. The van der Waals surface area contributed by atoms with Crippen molar-refractivity contribution in [1.82, 2.24) is 14.6 Å². The Morgan fingerprint density at radius 1 is 1.17 bits per heavy atom. The predicted octanol–water partition coefficient (Wildman–Crippen LogP) is 2.26. The summed E-state index contributed by atoms with van der Waals surface area (Å²) in [6.45, 7) is 6.73. The van der Waals surface area contributed by atoms with Crippen LogP contribution < -0.4 is 4.90 Å². The van der Waals surface area contributed by atoms with Crippen molar-refractivity contribution >= 4 is 28.0 Å². The molecule has 30 heavy (non-hydrogen) atoms. The zero-order valence-electron chi connectivity index (χ0n) is 17.5. The molecule has 1 aliphatic rings. The van der Waals surface area contributed by atoms with E-state index in [0.717, 1.165) is 17.1 Å². The molecule has 1 fully saturated rings. The first-order chi connectivity index (χ1) is 14.2. The number of hydrogen-bond donors (Lipinski definition) is 1. The monoisotopic (exact) mass is 426 g/mol. The SMILES string of the molecule is Cc1cc2nc(CC(=O)c3ccc(C(C)(C)O)cc3)cc(N3CCS(=O)CC3)n2n1. The van der Waals surface area contributed by atoms with Gasteiger partial charge in [0.2, 0.25) is 0 Å². The molecule has 7 nitrogen and oxygen atoms in total. The van der Waals surface area contributed by atoms with Crippen LogP contribution in [0.15, 0.2) is 36.4 Å². The van der Waals surface area contributed by atoms with E-state index in [0.29, 0.717) is 41.5 Å². The lowest BCUT2D eigenvalue weighted by Gasteiger charge is -2.28. The fourth-order valence-corrected chi connectivity index (χ4v) is 4.69. The fourth-order valence-electron chi connectivity index (χ4n) is 3.64. The molecular weight excluding hydrogens is 400 g/mol. The van der Waals surface area contributed by atoms with E-state index in [1.165, 1.54) is 0 Å². The van der Waals surface area contributed by atoms with Crippen LogP contribution in [-0.2, 0) is 22.8 Å². The van der Waals surface area contributed by atoms with Crippen molar-refractivity contribution in [2.45, 2.75) is 32.8 Å². The largest absolute Gasteiger partial charge is 0.386 e. The fraction of sp³-hybridized carbons (Fsp3) is 0.409. The molecule has 4 rings (SSSR count). The van der Waals surface area contributed by atoms with E-state index in [-0.39, 0.29) is 12.2 Å². The number of aromatic nitrogens is 3. The average molecular weight is 427 g/mol. The van der Waals surface area contributed by atoms with Gasteiger partial charge in [-0.2, -0.15) is 9.61 Å². The molecule has 8 heteroatoms. The highest BCUT2D eigenvalue weighted by molar-refractivity contribution is 7.85. The summed E-state index contributed by atoms with van der Waals surface area (Å²) >= 11 is 0. The molecule has 0 aliphatic carbocycles. The minimum atomic E-state index is -0.943. The normalized spacial score (nSPS) is 15.7. The minimum absolute atomic E-state index is 0.0314. The van der Waals surface area contributed by atoms with Crippen molar-refractivity contribution in [3.8, 4) is 0 Å². The zero-order valence-corrected chi connectivity index (χ0v) is 18.3. The third-order valence-electron chi connectivity index (χ3n) is 5.34. The Kier molecular flexibility index (Phi) is 5.46. The number of Topliss-reactive ketones (excluding diaryl/α,β-unsaturated/α-hetero) is 1. The molecule has 3 heterocycles. The number of carbonyl (C=O) groups is 1. The van der Waals surface area contributed by atoms with Gasteiger partial charge < -0.3 is 10.0 Å². The third kappa shape index (κ3) is 4.29. The highest BCUT2D eigenvalue weighted by atomic mass is 32.2. The molecule has 0 bridgehead atoms. The van der Waals surface area contributed by atoms with E-state index >= 15 is 0 Å². The van der Waals surface area contributed by atoms with Crippen LogP contribution in [0.1, 0.15) is 41.2 Å². The van der Waals surface area contributed by atoms with Crippen LogP contribution in [0.5, 0.6) is 0 Å². The number of carbonyl (C=O) groups excluding carboxylic acids is 1. The van der Waals surface area contributed by atoms with Gasteiger partial charge in [-0.1, -0.05) is 24.3 Å². The van der Waals surface area contributed by atoms with E-state index in [2.05, 4.69) is 15.0 Å². The van der Waals surface area contributed by atoms with Gasteiger partial charge in [0.1, 0.15) is 5.82 Å². The predicted molar refractivity (Wildman–Crippen MR) is 118 cm³/mol. The second-order valence-electron chi connectivity index (χ2n) is 8.23. The number of anilines is 1. The third-order valence-corrected chi connectivity index (χ3v) is 6.62. The Bertz CT molecular complexity index is 1110. The zero-order chi connectivity index (χ0) is 21.5. The quantitative estimate of drug-likeness (QED) is 0.630. The second-order valence-corrected chi connectivity index (χ2v) is 9.93. The average Bonchev–Trinajstić information content (AvgIpc) is 3.07. The Morgan fingerprint density at radius 3 is 2.47 bits per heavy atom. The van der Waals surface area contributed by atoms with E-state index in [4.69, 9.17) is 0 Å². The molecule has 2 aromatic heterocycles. The van der Waals surface area contributed by atoms with Crippen LogP contribution in [0.25, 0.3) is 5.65 Å². The molecule has 0 unspecified atom stereocenters. The molecule has 3 aromatic rings. The first-order valence-corrected chi connectivity index (χ1v) is 11.5. The first kappa shape index (κ1) is 20.7. The van der Waals surface area contributed by atoms with Gasteiger partial charge in [-0.25, -0.2) is 4.98 Å². The number of hydrogen-bond acceptors (Lipinski definition) is 6. The Labute approximate surface area is 178 Å². The van der Waals surface area contributed by atoms with Crippen LogP contribution >= 0.6 is 0 Å². The summed E-state index contributed by atoms with van der Waals surface area (Å²) in [7, 11) is -0.770. The summed E-state index contributed by atoms with van der Waals surface area (Å²) in [6.07, 6.45) is 0.176. The number of aryl methyl sites for hydroxylation is 1. The van der Waals surface area contributed by atoms with E-state index in [9.17, 15) is 14.1 Å². The summed E-state index contributed by atoms with van der Waals surface area (Å²) < 4.78 is 13.6. The molecule has 1 saturated heterocycles. The number of benzene rings is 1. The van der Waals surface area contributed by atoms with Crippen LogP contribution in [0.4, 0.5) is 5.82 Å². The van der Waals surface area contributed by atoms with Gasteiger partial charge in [-0.3, -0.25) is 9.00 Å². The first-order valence-electron chi connectivity index (χ1n) is 10.0. The topological polar surface area (TPSA) is 87.8 Å². The van der Waals surface area contributed by atoms with Gasteiger partial charge in [-0.05, 0) is 26.3 Å². The van der Waals surface area contributed by atoms with Gasteiger partial charge in [0.15, 0.2) is 11.4 Å². The van der Waals surface area contributed by atoms with Crippen molar-refractivity contribution in [2.24, 2.45) is 0 Å². The van der Waals surface area contributed by atoms with Crippen molar-refractivity contribution in [2.75, 3.05) is 29.5 Å². The molecule has 0 amide bonds. The Balaban J connectivity index is 1.62. The maximum absolute atomic E-state index is 12.9. The highest BCUT2D eigenvalue weighted by Gasteiger charge is 2.21. The van der Waals surface area contributed by atoms with Gasteiger partial charge in [0, 0.05) is 53.1 Å². The smallest absolute Gasteiger partial charge is 0.168 e. The molecule has 1 aliphatic heterocycles. The number of aliphatic hydroxyl groups is 1. The lowest BCUT2D eigenvalue weighted by atomic mass is 9.96. The summed E-state index contributed by atoms with van der Waals surface area (Å²) in [4.78, 5) is 19.7. The summed E-state index contributed by atoms with van der Waals surface area (Å²) in [5.41, 5.74) is 2.65. The molecule has 0 saturated carbocycles.